The van der Waals surface area contributed by atoms with Gasteiger partial charge in [0.1, 0.15) is 5.76 Å². The summed E-state index contributed by atoms with van der Waals surface area (Å²) in [5.41, 5.74) is 0. The Kier molecular flexibility index (Phi) is 10.6. The van der Waals surface area contributed by atoms with Crippen molar-refractivity contribution in [1.82, 2.24) is 0 Å². The maximum atomic E-state index is 10.3. The van der Waals surface area contributed by atoms with Crippen LogP contribution >= 0.6 is 0 Å². The molecule has 0 saturated heterocycles. The van der Waals surface area contributed by atoms with Crippen molar-refractivity contribution in [2.75, 3.05) is 0 Å². The van der Waals surface area contributed by atoms with E-state index in [4.69, 9.17) is 0 Å². The maximum Gasteiger partial charge on any atom is 0.308 e. The Bertz CT molecular complexity index is 210. The summed E-state index contributed by atoms with van der Waals surface area (Å²) < 4.78 is 4.67. The zero-order valence-electron chi connectivity index (χ0n) is 9.54. The average molecular weight is 196 g/mol. The van der Waals surface area contributed by atoms with Crippen LogP contribution in [0.15, 0.2) is 37.1 Å². The molecule has 0 unspecified atom stereocenters. The summed E-state index contributed by atoms with van der Waals surface area (Å²) >= 11 is 0. The molecule has 0 aromatic heterocycles. The van der Waals surface area contributed by atoms with Crippen LogP contribution in [0.4, 0.5) is 0 Å². The average Bonchev–Trinajstić information content (AvgIpc) is 2.01. The lowest BCUT2D eigenvalue weighted by Gasteiger charge is -1.97. The number of allylic oxidation sites excluding steroid dienone is 3. The molecule has 0 atom stereocenters. The van der Waals surface area contributed by atoms with Crippen molar-refractivity contribution < 1.29 is 9.53 Å². The first-order chi connectivity index (χ1) is 6.43. The molecule has 0 rings (SSSR count). The van der Waals surface area contributed by atoms with Crippen molar-refractivity contribution in [2.45, 2.75) is 27.7 Å². The molecule has 0 amide bonds. The quantitative estimate of drug-likeness (QED) is 0.392. The molecule has 0 aromatic rings. The predicted molar refractivity (Wildman–Crippen MR) is 60.8 cm³/mol. The zero-order chi connectivity index (χ0) is 11.6. The van der Waals surface area contributed by atoms with E-state index in [1.165, 1.54) is 19.1 Å². The summed E-state index contributed by atoms with van der Waals surface area (Å²) in [7, 11) is 0. The van der Waals surface area contributed by atoms with Gasteiger partial charge in [-0.25, -0.2) is 0 Å². The standard InChI is InChI=1S/C8H10O2.C4H10/c1-4-6-8(5-2)10-7(3)9;1-4(2)3/h4-6H,1-2H2,3H3;4H,1-3H3/b8-6+;. The highest BCUT2D eigenvalue weighted by atomic mass is 16.5. The van der Waals surface area contributed by atoms with Crippen LogP contribution in [-0.4, -0.2) is 5.97 Å². The van der Waals surface area contributed by atoms with E-state index in [9.17, 15) is 4.79 Å². The second-order valence-corrected chi connectivity index (χ2v) is 3.33. The van der Waals surface area contributed by atoms with Gasteiger partial charge in [-0.3, -0.25) is 4.79 Å². The Morgan fingerprint density at radius 3 is 1.93 bits per heavy atom. The highest BCUT2D eigenvalue weighted by molar-refractivity contribution is 5.67. The second kappa shape index (κ2) is 9.78. The summed E-state index contributed by atoms with van der Waals surface area (Å²) in [6, 6.07) is 0. The van der Waals surface area contributed by atoms with Crippen LogP contribution in [0.5, 0.6) is 0 Å². The van der Waals surface area contributed by atoms with E-state index in [0.717, 1.165) is 5.92 Å². The van der Waals surface area contributed by atoms with Crippen molar-refractivity contribution in [2.24, 2.45) is 5.92 Å². The van der Waals surface area contributed by atoms with Crippen LogP contribution < -0.4 is 0 Å². The van der Waals surface area contributed by atoms with Crippen molar-refractivity contribution in [3.05, 3.63) is 37.1 Å². The van der Waals surface area contributed by atoms with Gasteiger partial charge >= 0.3 is 5.97 Å². The SMILES string of the molecule is C=C/C=C(\C=C)OC(C)=O.CC(C)C. The third-order valence-electron chi connectivity index (χ3n) is 0.745. The number of hydrogen-bond acceptors (Lipinski definition) is 2. The van der Waals surface area contributed by atoms with Crippen molar-refractivity contribution in [3.8, 4) is 0 Å². The van der Waals surface area contributed by atoms with Crippen molar-refractivity contribution >= 4 is 5.97 Å². The maximum absolute atomic E-state index is 10.3. The first-order valence-electron chi connectivity index (χ1n) is 4.57. The van der Waals surface area contributed by atoms with Gasteiger partial charge in [0.05, 0.1) is 0 Å². The second-order valence-electron chi connectivity index (χ2n) is 3.33. The fourth-order valence-electron chi connectivity index (χ4n) is 0.426. The first-order valence-corrected chi connectivity index (χ1v) is 4.57. The molecule has 0 heterocycles. The predicted octanol–water partition coefficient (Wildman–Crippen LogP) is 3.47. The molecule has 0 aliphatic rings. The third kappa shape index (κ3) is 17.0. The molecule has 0 radical (unpaired) electrons. The van der Waals surface area contributed by atoms with Crippen molar-refractivity contribution in [3.63, 3.8) is 0 Å². The Morgan fingerprint density at radius 2 is 1.71 bits per heavy atom. The molecular formula is C12H20O2. The van der Waals surface area contributed by atoms with E-state index < -0.39 is 0 Å². The molecule has 0 N–H and O–H groups in total. The van der Waals surface area contributed by atoms with Gasteiger partial charge in [-0.2, -0.15) is 0 Å². The fourth-order valence-corrected chi connectivity index (χ4v) is 0.426. The minimum absolute atomic E-state index is 0.354. The molecule has 80 valence electrons. The molecule has 0 bridgehead atoms. The highest BCUT2D eigenvalue weighted by Crippen LogP contribution is 1.98. The van der Waals surface area contributed by atoms with Crippen LogP contribution in [0, 0.1) is 5.92 Å². The van der Waals surface area contributed by atoms with Gasteiger partial charge in [0, 0.05) is 6.92 Å². The van der Waals surface area contributed by atoms with Gasteiger partial charge in [0.25, 0.3) is 0 Å². The van der Waals surface area contributed by atoms with E-state index >= 15 is 0 Å². The summed E-state index contributed by atoms with van der Waals surface area (Å²) in [6.07, 6.45) is 4.54. The van der Waals surface area contributed by atoms with E-state index in [1.54, 1.807) is 6.08 Å². The number of carbonyl (C=O) groups is 1. The van der Waals surface area contributed by atoms with E-state index in [1.807, 2.05) is 0 Å². The Hall–Kier alpha value is -1.31. The van der Waals surface area contributed by atoms with Crippen LogP contribution in [0.3, 0.4) is 0 Å². The summed E-state index contributed by atoms with van der Waals surface area (Å²) in [4.78, 5) is 10.3. The number of esters is 1. The Morgan fingerprint density at radius 1 is 1.29 bits per heavy atom. The first kappa shape index (κ1) is 15.2. The minimum Gasteiger partial charge on any atom is -0.427 e. The van der Waals surface area contributed by atoms with Gasteiger partial charge < -0.3 is 4.74 Å². The molecule has 0 aromatic carbocycles. The van der Waals surface area contributed by atoms with Gasteiger partial charge in [-0.15, -0.1) is 0 Å². The molecular weight excluding hydrogens is 176 g/mol. The number of ether oxygens (including phenoxy) is 1. The minimum atomic E-state index is -0.354. The summed E-state index contributed by atoms with van der Waals surface area (Å²) in [5.74, 6) is 0.899. The number of rotatable bonds is 3. The van der Waals surface area contributed by atoms with Gasteiger partial charge in [0.15, 0.2) is 0 Å². The van der Waals surface area contributed by atoms with Gasteiger partial charge in [-0.05, 0) is 18.1 Å². The normalized spacial score (nSPS) is 9.93. The molecule has 0 spiro atoms. The lowest BCUT2D eigenvalue weighted by molar-refractivity contribution is -0.136. The molecule has 14 heavy (non-hydrogen) atoms. The monoisotopic (exact) mass is 196 g/mol. The highest BCUT2D eigenvalue weighted by Gasteiger charge is 1.93. The molecule has 0 saturated carbocycles. The van der Waals surface area contributed by atoms with E-state index in [0.29, 0.717) is 5.76 Å². The van der Waals surface area contributed by atoms with E-state index in [2.05, 4.69) is 38.7 Å². The zero-order valence-corrected chi connectivity index (χ0v) is 9.54. The van der Waals surface area contributed by atoms with Gasteiger partial charge in [-0.1, -0.05) is 40.0 Å². The number of carbonyl (C=O) groups excluding carboxylic acids is 1. The summed E-state index contributed by atoms with van der Waals surface area (Å²) in [5, 5.41) is 0. The van der Waals surface area contributed by atoms with Crippen LogP contribution in [0.25, 0.3) is 0 Å². The molecule has 0 aliphatic carbocycles. The lowest BCUT2D eigenvalue weighted by atomic mass is 10.3. The molecule has 0 fully saturated rings. The third-order valence-corrected chi connectivity index (χ3v) is 0.745. The van der Waals surface area contributed by atoms with Crippen LogP contribution in [0.1, 0.15) is 27.7 Å². The summed E-state index contributed by atoms with van der Waals surface area (Å²) in [6.45, 7) is 14.7. The molecule has 2 heteroatoms. The molecule has 2 nitrogen and oxygen atoms in total. The van der Waals surface area contributed by atoms with Gasteiger partial charge in [0.2, 0.25) is 0 Å². The van der Waals surface area contributed by atoms with Crippen LogP contribution in [-0.2, 0) is 9.53 Å². The largest absolute Gasteiger partial charge is 0.427 e. The van der Waals surface area contributed by atoms with Crippen LogP contribution in [0.2, 0.25) is 0 Å². The topological polar surface area (TPSA) is 26.3 Å². The number of hydrogen-bond donors (Lipinski definition) is 0. The molecule has 0 aliphatic heterocycles. The smallest absolute Gasteiger partial charge is 0.308 e. The Labute approximate surface area is 87.0 Å². The van der Waals surface area contributed by atoms with E-state index in [-0.39, 0.29) is 5.97 Å². The Balaban J connectivity index is 0. The lowest BCUT2D eigenvalue weighted by Crippen LogP contribution is -1.95. The van der Waals surface area contributed by atoms with Crippen molar-refractivity contribution in [1.29, 1.82) is 0 Å². The fraction of sp³-hybridized carbons (Fsp3) is 0.417.